The van der Waals surface area contributed by atoms with Gasteiger partial charge in [0.1, 0.15) is 0 Å². The van der Waals surface area contributed by atoms with Gasteiger partial charge in [-0.05, 0) is 74.5 Å². The van der Waals surface area contributed by atoms with Gasteiger partial charge < -0.3 is 0 Å². The SMILES string of the molecule is CC1CCN([C@H](CNS(=O)(=O)c2ccc(S(=O)(=O)N3CCCC3)cc2)c2ccccc2)CC1. The molecule has 0 saturated carbocycles. The molecule has 2 aromatic carbocycles. The average Bonchev–Trinajstić information content (AvgIpc) is 3.37. The second-order valence-electron chi connectivity index (χ2n) is 9.08. The minimum absolute atomic E-state index is 0.0525. The molecule has 0 amide bonds. The van der Waals surface area contributed by atoms with Crippen LogP contribution in [0.1, 0.15) is 44.2 Å². The molecule has 180 valence electrons. The van der Waals surface area contributed by atoms with E-state index in [1.807, 2.05) is 30.3 Å². The Hall–Kier alpha value is -1.78. The van der Waals surface area contributed by atoms with E-state index >= 15 is 0 Å². The summed E-state index contributed by atoms with van der Waals surface area (Å²) in [5.74, 6) is 0.685. The predicted molar refractivity (Wildman–Crippen MR) is 129 cm³/mol. The van der Waals surface area contributed by atoms with Gasteiger partial charge in [0.25, 0.3) is 0 Å². The van der Waals surface area contributed by atoms with Crippen molar-refractivity contribution < 1.29 is 16.8 Å². The summed E-state index contributed by atoms with van der Waals surface area (Å²) in [4.78, 5) is 2.55. The zero-order valence-electron chi connectivity index (χ0n) is 19.1. The minimum Gasteiger partial charge on any atom is -0.295 e. The lowest BCUT2D eigenvalue weighted by atomic mass is 9.96. The highest BCUT2D eigenvalue weighted by atomic mass is 32.2. The lowest BCUT2D eigenvalue weighted by Gasteiger charge is -2.37. The maximum atomic E-state index is 13.0. The quantitative estimate of drug-likeness (QED) is 0.613. The molecule has 2 heterocycles. The van der Waals surface area contributed by atoms with Gasteiger partial charge in [-0.1, -0.05) is 37.3 Å². The van der Waals surface area contributed by atoms with Gasteiger partial charge in [0.15, 0.2) is 0 Å². The Morgan fingerprint density at radius 2 is 1.42 bits per heavy atom. The van der Waals surface area contributed by atoms with E-state index in [4.69, 9.17) is 0 Å². The van der Waals surface area contributed by atoms with Crippen LogP contribution in [0, 0.1) is 5.92 Å². The first kappa shape index (κ1) is 24.3. The summed E-state index contributed by atoms with van der Waals surface area (Å²) in [6.07, 6.45) is 3.91. The molecule has 1 atom stereocenters. The Morgan fingerprint density at radius 1 is 0.848 bits per heavy atom. The number of likely N-dealkylation sites (tertiary alicyclic amines) is 1. The highest BCUT2D eigenvalue weighted by molar-refractivity contribution is 7.89. The third-order valence-corrected chi connectivity index (χ3v) is 10.1. The summed E-state index contributed by atoms with van der Waals surface area (Å²) < 4.78 is 55.7. The Kier molecular flexibility index (Phi) is 7.55. The summed E-state index contributed by atoms with van der Waals surface area (Å²) >= 11 is 0. The van der Waals surface area contributed by atoms with E-state index in [1.54, 1.807) is 0 Å². The van der Waals surface area contributed by atoms with Crippen molar-refractivity contribution >= 4 is 20.0 Å². The summed E-state index contributed by atoms with van der Waals surface area (Å²) in [5.41, 5.74) is 1.09. The molecule has 2 fully saturated rings. The van der Waals surface area contributed by atoms with Gasteiger partial charge >= 0.3 is 0 Å². The number of nitrogens with zero attached hydrogens (tertiary/aromatic N) is 2. The van der Waals surface area contributed by atoms with Crippen molar-refractivity contribution in [1.29, 1.82) is 0 Å². The number of sulfonamides is 2. The van der Waals surface area contributed by atoms with Gasteiger partial charge in [-0.3, -0.25) is 4.90 Å². The van der Waals surface area contributed by atoms with E-state index in [0.717, 1.165) is 44.3 Å². The highest BCUT2D eigenvalue weighted by Crippen LogP contribution is 2.27. The predicted octanol–water partition coefficient (Wildman–Crippen LogP) is 3.22. The lowest BCUT2D eigenvalue weighted by Crippen LogP contribution is -2.41. The molecule has 0 spiro atoms. The third-order valence-electron chi connectivity index (χ3n) is 6.75. The monoisotopic (exact) mass is 491 g/mol. The topological polar surface area (TPSA) is 86.8 Å². The standard InChI is InChI=1S/C24H33N3O4S2/c1-20-13-17-26(18-14-20)24(21-7-3-2-4-8-21)19-25-32(28,29)22-9-11-23(12-10-22)33(30,31)27-15-5-6-16-27/h2-4,7-12,20,24-25H,5-6,13-19H2,1H3/t24-/m1/s1. The molecule has 33 heavy (non-hydrogen) atoms. The summed E-state index contributed by atoms with van der Waals surface area (Å²) in [5, 5.41) is 0. The van der Waals surface area contributed by atoms with E-state index in [2.05, 4.69) is 16.5 Å². The molecule has 2 aromatic rings. The van der Waals surface area contributed by atoms with Gasteiger partial charge in [-0.25, -0.2) is 21.6 Å². The summed E-state index contributed by atoms with van der Waals surface area (Å²) in [7, 11) is -7.35. The minimum atomic E-state index is -3.78. The van der Waals surface area contributed by atoms with E-state index in [9.17, 15) is 16.8 Å². The molecule has 0 bridgehead atoms. The Balaban J connectivity index is 1.48. The molecular formula is C24H33N3O4S2. The smallest absolute Gasteiger partial charge is 0.243 e. The van der Waals surface area contributed by atoms with Crippen LogP contribution in [0.15, 0.2) is 64.4 Å². The van der Waals surface area contributed by atoms with Crippen molar-refractivity contribution in [2.45, 2.75) is 48.4 Å². The highest BCUT2D eigenvalue weighted by Gasteiger charge is 2.29. The van der Waals surface area contributed by atoms with Crippen LogP contribution in [-0.4, -0.2) is 58.8 Å². The van der Waals surface area contributed by atoms with Crippen molar-refractivity contribution in [2.24, 2.45) is 5.92 Å². The molecule has 2 aliphatic rings. The van der Waals surface area contributed by atoms with Crippen molar-refractivity contribution in [3.63, 3.8) is 0 Å². The Bertz CT molecular complexity index is 1120. The molecule has 4 rings (SSSR count). The number of rotatable bonds is 8. The Labute approximate surface area is 197 Å². The van der Waals surface area contributed by atoms with E-state index in [-0.39, 0.29) is 22.4 Å². The molecule has 0 unspecified atom stereocenters. The molecule has 0 radical (unpaired) electrons. The molecule has 0 aliphatic carbocycles. The fourth-order valence-electron chi connectivity index (χ4n) is 4.61. The number of nitrogens with one attached hydrogen (secondary N) is 1. The van der Waals surface area contributed by atoms with Crippen molar-refractivity contribution in [3.05, 3.63) is 60.2 Å². The van der Waals surface area contributed by atoms with Gasteiger partial charge in [0, 0.05) is 25.7 Å². The van der Waals surface area contributed by atoms with Gasteiger partial charge in [0.2, 0.25) is 20.0 Å². The van der Waals surface area contributed by atoms with Crippen LogP contribution in [0.2, 0.25) is 0 Å². The van der Waals surface area contributed by atoms with Crippen LogP contribution in [0.5, 0.6) is 0 Å². The first-order chi connectivity index (χ1) is 15.8. The van der Waals surface area contributed by atoms with Crippen molar-refractivity contribution in [3.8, 4) is 0 Å². The van der Waals surface area contributed by atoms with Gasteiger partial charge in [-0.15, -0.1) is 0 Å². The van der Waals surface area contributed by atoms with Crippen LogP contribution in [0.3, 0.4) is 0 Å². The van der Waals surface area contributed by atoms with Gasteiger partial charge in [0.05, 0.1) is 9.79 Å². The Morgan fingerprint density at radius 3 is 2.03 bits per heavy atom. The maximum absolute atomic E-state index is 13.0. The van der Waals surface area contributed by atoms with Crippen molar-refractivity contribution in [2.75, 3.05) is 32.7 Å². The number of hydrogen-bond acceptors (Lipinski definition) is 5. The second-order valence-corrected chi connectivity index (χ2v) is 12.8. The molecule has 0 aromatic heterocycles. The first-order valence-electron chi connectivity index (χ1n) is 11.7. The second kappa shape index (κ2) is 10.2. The van der Waals surface area contributed by atoms with Crippen LogP contribution in [-0.2, 0) is 20.0 Å². The molecule has 9 heteroatoms. The van der Waals surface area contributed by atoms with Crippen LogP contribution >= 0.6 is 0 Å². The maximum Gasteiger partial charge on any atom is 0.243 e. The van der Waals surface area contributed by atoms with Crippen LogP contribution < -0.4 is 4.72 Å². The molecule has 2 aliphatic heterocycles. The fraction of sp³-hybridized carbons (Fsp3) is 0.500. The summed E-state index contributed by atoms with van der Waals surface area (Å²) in [6, 6.07) is 15.5. The zero-order chi connectivity index (χ0) is 23.5. The van der Waals surface area contributed by atoms with Crippen LogP contribution in [0.4, 0.5) is 0 Å². The lowest BCUT2D eigenvalue weighted by molar-refractivity contribution is 0.139. The normalized spacial score (nSPS) is 20.2. The number of hydrogen-bond donors (Lipinski definition) is 1. The molecule has 7 nitrogen and oxygen atoms in total. The largest absolute Gasteiger partial charge is 0.295 e. The summed E-state index contributed by atoms with van der Waals surface area (Å²) in [6.45, 7) is 5.41. The molecule has 2 saturated heterocycles. The zero-order valence-corrected chi connectivity index (χ0v) is 20.7. The number of piperidine rings is 1. The number of benzene rings is 2. The van der Waals surface area contributed by atoms with E-state index in [1.165, 1.54) is 28.6 Å². The molecule has 1 N–H and O–H groups in total. The van der Waals surface area contributed by atoms with Crippen LogP contribution in [0.25, 0.3) is 0 Å². The third kappa shape index (κ3) is 5.66. The van der Waals surface area contributed by atoms with Crippen molar-refractivity contribution in [1.82, 2.24) is 13.9 Å². The average molecular weight is 492 g/mol. The molecular weight excluding hydrogens is 458 g/mol. The fourth-order valence-corrected chi connectivity index (χ4v) is 7.17. The van der Waals surface area contributed by atoms with E-state index < -0.39 is 20.0 Å². The van der Waals surface area contributed by atoms with E-state index in [0.29, 0.717) is 19.0 Å². The van der Waals surface area contributed by atoms with Gasteiger partial charge in [-0.2, -0.15) is 4.31 Å². The first-order valence-corrected chi connectivity index (χ1v) is 14.6.